The molecule has 1 aliphatic heterocycles. The number of aliphatic hydroxyl groups is 1. The molecule has 1 fully saturated rings. The van der Waals surface area contributed by atoms with Gasteiger partial charge in [0.05, 0.1) is 6.10 Å². The van der Waals surface area contributed by atoms with E-state index in [1.165, 1.54) is 5.69 Å². The summed E-state index contributed by atoms with van der Waals surface area (Å²) in [6.07, 6.45) is 0.666. The molecule has 1 saturated heterocycles. The van der Waals surface area contributed by atoms with E-state index in [9.17, 15) is 5.11 Å². The van der Waals surface area contributed by atoms with Crippen molar-refractivity contribution in [2.75, 3.05) is 18.0 Å². The Morgan fingerprint density at radius 3 is 2.80 bits per heavy atom. The molecule has 1 aliphatic rings. The normalized spacial score (nSPS) is 23.1. The molecule has 3 N–H and O–H groups in total. The predicted octanol–water partition coefficient (Wildman–Crippen LogP) is 1.28. The molecule has 3 heteroatoms. The van der Waals surface area contributed by atoms with Gasteiger partial charge in [0.25, 0.3) is 0 Å². The van der Waals surface area contributed by atoms with Gasteiger partial charge in [-0.25, -0.2) is 0 Å². The maximum atomic E-state index is 9.52. The maximum absolute atomic E-state index is 9.52. The van der Waals surface area contributed by atoms with E-state index in [-0.39, 0.29) is 12.1 Å². The largest absolute Gasteiger partial charge is 0.391 e. The van der Waals surface area contributed by atoms with Crippen LogP contribution >= 0.6 is 0 Å². The van der Waals surface area contributed by atoms with Crippen molar-refractivity contribution in [3.8, 4) is 0 Å². The highest BCUT2D eigenvalue weighted by Crippen LogP contribution is 2.27. The van der Waals surface area contributed by atoms with Gasteiger partial charge in [0.2, 0.25) is 0 Å². The molecule has 1 aromatic carbocycles. The van der Waals surface area contributed by atoms with E-state index >= 15 is 0 Å². The Morgan fingerprint density at radius 2 is 2.20 bits per heavy atom. The fourth-order valence-corrected chi connectivity index (χ4v) is 2.12. The lowest BCUT2D eigenvalue weighted by Gasteiger charge is -2.23. The van der Waals surface area contributed by atoms with Crippen molar-refractivity contribution < 1.29 is 5.11 Å². The third kappa shape index (κ3) is 2.13. The van der Waals surface area contributed by atoms with Crippen LogP contribution in [-0.2, 0) is 0 Å². The Labute approximate surface area is 90.5 Å². The van der Waals surface area contributed by atoms with Crippen molar-refractivity contribution in [2.45, 2.75) is 25.5 Å². The number of benzene rings is 1. The topological polar surface area (TPSA) is 49.5 Å². The first-order valence-corrected chi connectivity index (χ1v) is 5.46. The number of β-amino-alcohol motifs (C(OH)–C–C–N with tert-alkyl or cyclic N) is 1. The van der Waals surface area contributed by atoms with Gasteiger partial charge in [-0.05, 0) is 25.0 Å². The van der Waals surface area contributed by atoms with Crippen molar-refractivity contribution in [2.24, 2.45) is 5.73 Å². The molecule has 0 radical (unpaired) electrons. The first kappa shape index (κ1) is 10.5. The zero-order chi connectivity index (χ0) is 10.8. The fourth-order valence-electron chi connectivity index (χ4n) is 2.12. The van der Waals surface area contributed by atoms with E-state index in [4.69, 9.17) is 5.73 Å². The van der Waals surface area contributed by atoms with Crippen LogP contribution in [-0.4, -0.2) is 24.3 Å². The quantitative estimate of drug-likeness (QED) is 0.766. The number of hydrogen-bond acceptors (Lipinski definition) is 3. The third-order valence-corrected chi connectivity index (χ3v) is 2.93. The van der Waals surface area contributed by atoms with Gasteiger partial charge in [-0.3, -0.25) is 0 Å². The zero-order valence-electron chi connectivity index (χ0n) is 9.06. The minimum atomic E-state index is -0.189. The predicted molar refractivity (Wildman–Crippen MR) is 61.9 cm³/mol. The van der Waals surface area contributed by atoms with Crippen molar-refractivity contribution in [3.63, 3.8) is 0 Å². The molecule has 1 unspecified atom stereocenters. The highest BCUT2D eigenvalue weighted by atomic mass is 16.3. The molecule has 0 amide bonds. The van der Waals surface area contributed by atoms with Crippen molar-refractivity contribution in [3.05, 3.63) is 29.8 Å². The van der Waals surface area contributed by atoms with Gasteiger partial charge >= 0.3 is 0 Å². The standard InChI is InChI=1S/C12H18N2O/c1-9(13)11-4-2-3-5-12(11)14-7-6-10(15)8-14/h2-5,9-10,15H,6-8,13H2,1H3/t9-,10?/m0/s1. The van der Waals surface area contributed by atoms with Crippen LogP contribution in [0.5, 0.6) is 0 Å². The molecule has 3 nitrogen and oxygen atoms in total. The molecular formula is C12H18N2O. The zero-order valence-corrected chi connectivity index (χ0v) is 9.06. The molecule has 0 bridgehead atoms. The Bertz CT molecular complexity index is 338. The van der Waals surface area contributed by atoms with Gasteiger partial charge in [0, 0.05) is 24.8 Å². The Balaban J connectivity index is 2.27. The van der Waals surface area contributed by atoms with Crippen molar-refractivity contribution >= 4 is 5.69 Å². The number of rotatable bonds is 2. The minimum absolute atomic E-state index is 0.0407. The molecule has 0 aromatic heterocycles. The van der Waals surface area contributed by atoms with Gasteiger partial charge in [0.1, 0.15) is 0 Å². The smallest absolute Gasteiger partial charge is 0.0731 e. The van der Waals surface area contributed by atoms with E-state index in [2.05, 4.69) is 17.0 Å². The molecule has 1 heterocycles. The van der Waals surface area contributed by atoms with Gasteiger partial charge in [-0.15, -0.1) is 0 Å². The minimum Gasteiger partial charge on any atom is -0.391 e. The van der Waals surface area contributed by atoms with E-state index < -0.39 is 0 Å². The summed E-state index contributed by atoms with van der Waals surface area (Å²) in [5.74, 6) is 0. The number of hydrogen-bond donors (Lipinski definition) is 2. The molecule has 2 rings (SSSR count). The van der Waals surface area contributed by atoms with Crippen LogP contribution in [0.2, 0.25) is 0 Å². The van der Waals surface area contributed by atoms with Crippen LogP contribution in [0.15, 0.2) is 24.3 Å². The fraction of sp³-hybridized carbons (Fsp3) is 0.500. The lowest BCUT2D eigenvalue weighted by Crippen LogP contribution is -2.23. The molecule has 0 saturated carbocycles. The van der Waals surface area contributed by atoms with Gasteiger partial charge in [-0.2, -0.15) is 0 Å². The Kier molecular flexibility index (Phi) is 2.93. The molecule has 2 atom stereocenters. The third-order valence-electron chi connectivity index (χ3n) is 2.93. The number of aliphatic hydroxyl groups excluding tert-OH is 1. The second-order valence-corrected chi connectivity index (χ2v) is 4.24. The van der Waals surface area contributed by atoms with Crippen molar-refractivity contribution in [1.29, 1.82) is 0 Å². The molecule has 0 aliphatic carbocycles. The van der Waals surface area contributed by atoms with E-state index in [1.807, 2.05) is 19.1 Å². The van der Waals surface area contributed by atoms with Crippen LogP contribution in [0.4, 0.5) is 5.69 Å². The SMILES string of the molecule is C[C@H](N)c1ccccc1N1CCC(O)C1. The summed E-state index contributed by atoms with van der Waals surface area (Å²) in [6, 6.07) is 8.21. The Morgan fingerprint density at radius 1 is 1.47 bits per heavy atom. The lowest BCUT2D eigenvalue weighted by molar-refractivity contribution is 0.198. The monoisotopic (exact) mass is 206 g/mol. The van der Waals surface area contributed by atoms with Gasteiger partial charge < -0.3 is 15.7 Å². The molecule has 15 heavy (non-hydrogen) atoms. The number of nitrogens with two attached hydrogens (primary N) is 1. The van der Waals surface area contributed by atoms with Crippen LogP contribution < -0.4 is 10.6 Å². The summed E-state index contributed by atoms with van der Waals surface area (Å²) in [5.41, 5.74) is 8.26. The van der Waals surface area contributed by atoms with E-state index in [0.29, 0.717) is 0 Å². The van der Waals surface area contributed by atoms with Crippen LogP contribution in [0.3, 0.4) is 0 Å². The summed E-state index contributed by atoms with van der Waals surface area (Å²) in [7, 11) is 0. The van der Waals surface area contributed by atoms with Gasteiger partial charge in [-0.1, -0.05) is 18.2 Å². The molecule has 1 aromatic rings. The summed E-state index contributed by atoms with van der Waals surface area (Å²) < 4.78 is 0. The molecule has 82 valence electrons. The lowest BCUT2D eigenvalue weighted by atomic mass is 10.1. The summed E-state index contributed by atoms with van der Waals surface area (Å²) >= 11 is 0. The first-order valence-electron chi connectivity index (χ1n) is 5.46. The second kappa shape index (κ2) is 4.21. The number of anilines is 1. The van der Waals surface area contributed by atoms with Crippen LogP contribution in [0, 0.1) is 0 Å². The second-order valence-electron chi connectivity index (χ2n) is 4.24. The molecule has 0 spiro atoms. The average molecular weight is 206 g/mol. The maximum Gasteiger partial charge on any atom is 0.0731 e. The number of nitrogens with zero attached hydrogens (tertiary/aromatic N) is 1. The van der Waals surface area contributed by atoms with E-state index in [0.717, 1.165) is 25.1 Å². The average Bonchev–Trinajstić information content (AvgIpc) is 2.65. The highest BCUT2D eigenvalue weighted by Gasteiger charge is 2.22. The number of para-hydroxylation sites is 1. The van der Waals surface area contributed by atoms with Crippen LogP contribution in [0.25, 0.3) is 0 Å². The summed E-state index contributed by atoms with van der Waals surface area (Å²) in [6.45, 7) is 3.64. The summed E-state index contributed by atoms with van der Waals surface area (Å²) in [4.78, 5) is 2.21. The van der Waals surface area contributed by atoms with E-state index in [1.54, 1.807) is 0 Å². The van der Waals surface area contributed by atoms with Crippen molar-refractivity contribution in [1.82, 2.24) is 0 Å². The molecular weight excluding hydrogens is 188 g/mol. The highest BCUT2D eigenvalue weighted by molar-refractivity contribution is 5.55. The van der Waals surface area contributed by atoms with Crippen LogP contribution in [0.1, 0.15) is 24.9 Å². The first-order chi connectivity index (χ1) is 7.18. The Hall–Kier alpha value is -1.06. The summed E-state index contributed by atoms with van der Waals surface area (Å²) in [5, 5.41) is 9.52. The van der Waals surface area contributed by atoms with Gasteiger partial charge in [0.15, 0.2) is 0 Å².